The molecule has 1 N–H and O–H groups in total. The van der Waals surface area contributed by atoms with Gasteiger partial charge in [0.2, 0.25) is 0 Å². The van der Waals surface area contributed by atoms with E-state index >= 15 is 0 Å². The lowest BCUT2D eigenvalue weighted by molar-refractivity contribution is 0.0891. The molecule has 30 heavy (non-hydrogen) atoms. The van der Waals surface area contributed by atoms with Crippen molar-refractivity contribution in [3.63, 3.8) is 0 Å². The van der Waals surface area contributed by atoms with Gasteiger partial charge in [0.1, 0.15) is 12.4 Å². The maximum atomic E-state index is 13.0. The summed E-state index contributed by atoms with van der Waals surface area (Å²) in [5.41, 5.74) is 2.29. The van der Waals surface area contributed by atoms with Crippen LogP contribution in [0.15, 0.2) is 84.9 Å². The summed E-state index contributed by atoms with van der Waals surface area (Å²) in [6, 6.07) is 25.3. The molecule has 0 radical (unpaired) electrons. The van der Waals surface area contributed by atoms with Gasteiger partial charge in [0, 0.05) is 11.5 Å². The molecule has 5 heteroatoms. The third-order valence-electron chi connectivity index (χ3n) is 4.93. The highest BCUT2D eigenvalue weighted by Crippen LogP contribution is 2.27. The molecular weight excluding hydrogens is 378 g/mol. The van der Waals surface area contributed by atoms with E-state index in [-0.39, 0.29) is 12.4 Å². The van der Waals surface area contributed by atoms with Gasteiger partial charge in [0.05, 0.1) is 13.2 Å². The van der Waals surface area contributed by atoms with Crippen molar-refractivity contribution >= 4 is 11.9 Å². The van der Waals surface area contributed by atoms with Crippen molar-refractivity contribution < 1.29 is 19.1 Å². The average Bonchev–Trinajstić information content (AvgIpc) is 2.81. The van der Waals surface area contributed by atoms with Gasteiger partial charge in [0.25, 0.3) is 0 Å². The minimum Gasteiger partial charge on any atom is -0.497 e. The molecule has 3 aromatic carbocycles. The third-order valence-corrected chi connectivity index (χ3v) is 4.93. The van der Waals surface area contributed by atoms with E-state index in [9.17, 15) is 9.59 Å². The Hall–Kier alpha value is -3.60. The second kappa shape index (κ2) is 10.3. The highest BCUT2D eigenvalue weighted by atomic mass is 16.5. The quantitative estimate of drug-likeness (QED) is 0.526. The maximum absolute atomic E-state index is 13.0. The second-order valence-electron chi connectivity index (χ2n) is 6.98. The zero-order valence-corrected chi connectivity index (χ0v) is 17.1. The molecule has 0 bridgehead atoms. The summed E-state index contributed by atoms with van der Waals surface area (Å²) in [5, 5.41) is 2.87. The number of methoxy groups -OCH3 is 1. The largest absolute Gasteiger partial charge is 0.497 e. The summed E-state index contributed by atoms with van der Waals surface area (Å²) >= 11 is 0. The smallest absolute Gasteiger partial charge is 0.407 e. The Morgan fingerprint density at radius 2 is 1.47 bits per heavy atom. The van der Waals surface area contributed by atoms with E-state index in [1.165, 1.54) is 0 Å². The van der Waals surface area contributed by atoms with Crippen LogP contribution in [0.3, 0.4) is 0 Å². The van der Waals surface area contributed by atoms with Gasteiger partial charge in [-0.15, -0.1) is 0 Å². The zero-order valence-electron chi connectivity index (χ0n) is 17.1. The van der Waals surface area contributed by atoms with E-state index in [1.54, 1.807) is 31.4 Å². The molecule has 0 aliphatic carbocycles. The lowest BCUT2D eigenvalue weighted by Crippen LogP contribution is -2.36. The molecule has 1 amide bonds. The molecular formula is C25H25NO4. The van der Waals surface area contributed by atoms with Gasteiger partial charge >= 0.3 is 6.09 Å². The lowest BCUT2D eigenvalue weighted by atomic mass is 9.88. The number of carbonyl (C=O) groups is 2. The Morgan fingerprint density at radius 1 is 0.867 bits per heavy atom. The average molecular weight is 403 g/mol. The number of rotatable bonds is 8. The van der Waals surface area contributed by atoms with Gasteiger partial charge in [-0.2, -0.15) is 0 Å². The van der Waals surface area contributed by atoms with Crippen molar-refractivity contribution in [1.82, 2.24) is 5.32 Å². The first-order valence-corrected chi connectivity index (χ1v) is 9.79. The van der Waals surface area contributed by atoms with E-state index in [4.69, 9.17) is 9.47 Å². The van der Waals surface area contributed by atoms with Gasteiger partial charge in [-0.1, -0.05) is 79.7 Å². The highest BCUT2D eigenvalue weighted by molar-refractivity contribution is 5.98. The van der Waals surface area contributed by atoms with Gasteiger partial charge < -0.3 is 14.8 Å². The predicted molar refractivity (Wildman–Crippen MR) is 115 cm³/mol. The van der Waals surface area contributed by atoms with E-state index in [2.05, 4.69) is 5.32 Å². The molecule has 0 saturated heterocycles. The number of Topliss-reactive ketones (excluding diaryl/α,β-unsaturated/α-hetero) is 1. The maximum Gasteiger partial charge on any atom is 0.407 e. The topological polar surface area (TPSA) is 64.6 Å². The van der Waals surface area contributed by atoms with Crippen molar-refractivity contribution in [3.05, 3.63) is 102 Å². The van der Waals surface area contributed by atoms with Gasteiger partial charge in [-0.05, 0) is 23.3 Å². The third kappa shape index (κ3) is 5.47. The summed E-state index contributed by atoms with van der Waals surface area (Å²) in [6.45, 7) is 1.96. The number of carbonyl (C=O) groups excluding carboxylic acids is 2. The fourth-order valence-corrected chi connectivity index (χ4v) is 3.22. The molecule has 5 nitrogen and oxygen atoms in total. The molecule has 0 fully saturated rings. The molecule has 0 aliphatic rings. The van der Waals surface area contributed by atoms with Crippen LogP contribution >= 0.6 is 0 Å². The van der Waals surface area contributed by atoms with E-state index in [0.717, 1.165) is 11.1 Å². The van der Waals surface area contributed by atoms with E-state index < -0.39 is 18.1 Å². The molecule has 3 rings (SSSR count). The molecule has 0 heterocycles. The number of benzene rings is 3. The Bertz CT molecular complexity index is 955. The molecule has 3 aromatic rings. The summed E-state index contributed by atoms with van der Waals surface area (Å²) in [6.07, 6.45) is -0.576. The minimum absolute atomic E-state index is 0.0558. The number of amides is 1. The first-order valence-electron chi connectivity index (χ1n) is 9.79. The number of ether oxygens (including phenoxy) is 2. The van der Waals surface area contributed by atoms with Crippen molar-refractivity contribution in [2.24, 2.45) is 5.92 Å². The summed E-state index contributed by atoms with van der Waals surface area (Å²) < 4.78 is 10.6. The Labute approximate surface area is 176 Å². The van der Waals surface area contributed by atoms with Gasteiger partial charge in [-0.25, -0.2) is 4.79 Å². The molecule has 2 atom stereocenters. The van der Waals surface area contributed by atoms with Crippen LogP contribution in [0.4, 0.5) is 4.79 Å². The number of hydrogen-bond donors (Lipinski definition) is 1. The van der Waals surface area contributed by atoms with Gasteiger partial charge in [-0.3, -0.25) is 4.79 Å². The summed E-state index contributed by atoms with van der Waals surface area (Å²) in [5.74, 6) is 0.149. The van der Waals surface area contributed by atoms with Crippen molar-refractivity contribution in [3.8, 4) is 5.75 Å². The molecule has 0 spiro atoms. The van der Waals surface area contributed by atoms with E-state index in [0.29, 0.717) is 11.3 Å². The molecule has 0 aliphatic heterocycles. The van der Waals surface area contributed by atoms with Crippen LogP contribution in [0.1, 0.15) is 34.5 Å². The molecule has 0 unspecified atom stereocenters. The van der Waals surface area contributed by atoms with Gasteiger partial charge in [0.15, 0.2) is 5.78 Å². The van der Waals surface area contributed by atoms with Crippen molar-refractivity contribution in [1.29, 1.82) is 0 Å². The first kappa shape index (κ1) is 21.1. The fourth-order valence-electron chi connectivity index (χ4n) is 3.22. The molecule has 154 valence electrons. The summed E-state index contributed by atoms with van der Waals surface area (Å²) in [7, 11) is 1.59. The lowest BCUT2D eigenvalue weighted by Gasteiger charge is -2.25. The van der Waals surface area contributed by atoms with Crippen LogP contribution in [-0.4, -0.2) is 19.0 Å². The zero-order chi connectivity index (χ0) is 21.3. The van der Waals surface area contributed by atoms with E-state index in [1.807, 2.05) is 67.6 Å². The Kier molecular flexibility index (Phi) is 7.22. The number of ketones is 1. The summed E-state index contributed by atoms with van der Waals surface area (Å²) in [4.78, 5) is 25.5. The van der Waals surface area contributed by atoms with Crippen LogP contribution < -0.4 is 10.1 Å². The van der Waals surface area contributed by atoms with Crippen molar-refractivity contribution in [2.45, 2.75) is 19.6 Å². The second-order valence-corrected chi connectivity index (χ2v) is 6.98. The first-order chi connectivity index (χ1) is 14.6. The number of hydrogen-bond acceptors (Lipinski definition) is 4. The number of alkyl carbamates (subject to hydrolysis) is 1. The SMILES string of the molecule is COc1ccc([C@H](NC(=O)OCc2ccccc2)[C@H](C)C(=O)c2ccccc2)cc1. The van der Waals surface area contributed by atoms with Crippen LogP contribution in [0, 0.1) is 5.92 Å². The predicted octanol–water partition coefficient (Wildman–Crippen LogP) is 5.18. The number of nitrogens with one attached hydrogen (secondary N) is 1. The Morgan fingerprint density at radius 3 is 2.07 bits per heavy atom. The van der Waals surface area contributed by atoms with Crippen LogP contribution in [-0.2, 0) is 11.3 Å². The minimum atomic E-state index is -0.576. The van der Waals surface area contributed by atoms with Crippen molar-refractivity contribution in [2.75, 3.05) is 7.11 Å². The highest BCUT2D eigenvalue weighted by Gasteiger charge is 2.28. The monoisotopic (exact) mass is 403 g/mol. The van der Waals surface area contributed by atoms with Crippen LogP contribution in [0.25, 0.3) is 0 Å². The Balaban J connectivity index is 1.77. The standard InChI is InChI=1S/C25H25NO4/c1-18(24(27)21-11-7-4-8-12-21)23(20-13-15-22(29-2)16-14-20)26-25(28)30-17-19-9-5-3-6-10-19/h3-16,18,23H,17H2,1-2H3,(H,26,28)/t18-,23+/m0/s1. The normalized spacial score (nSPS) is 12.5. The van der Waals surface area contributed by atoms with Crippen LogP contribution in [0.2, 0.25) is 0 Å². The molecule has 0 aromatic heterocycles. The molecule has 0 saturated carbocycles. The fraction of sp³-hybridized carbons (Fsp3) is 0.200. The van der Waals surface area contributed by atoms with Crippen LogP contribution in [0.5, 0.6) is 5.75 Å².